The fourth-order valence-electron chi connectivity index (χ4n) is 10.7. The number of carbonyl (C=O) groups is 3. The van der Waals surface area contributed by atoms with Gasteiger partial charge in [0.25, 0.3) is 0 Å². The highest BCUT2D eigenvalue weighted by Crippen LogP contribution is 2.62. The normalized spacial score (nSPS) is 30.1. The summed E-state index contributed by atoms with van der Waals surface area (Å²) in [6, 6.07) is 2.92. The largest absolute Gasteiger partial charge is 0.462 e. The smallest absolute Gasteiger partial charge is 0.309 e. The number of esters is 3. The first kappa shape index (κ1) is 40.8. The summed E-state index contributed by atoms with van der Waals surface area (Å²) < 4.78 is 22.3. The molecule has 4 aliphatic rings. The maximum Gasteiger partial charge on any atom is 0.309 e. The van der Waals surface area contributed by atoms with Gasteiger partial charge in [0.05, 0.1) is 10.8 Å². The predicted molar refractivity (Wildman–Crippen MR) is 205 cm³/mol. The van der Waals surface area contributed by atoms with Crippen molar-refractivity contribution in [3.8, 4) is 0 Å². The average molecular weight is 764 g/mol. The van der Waals surface area contributed by atoms with E-state index >= 15 is 0 Å². The van der Waals surface area contributed by atoms with Crippen LogP contribution in [0.4, 0.5) is 5.69 Å². The summed E-state index contributed by atoms with van der Waals surface area (Å²) in [4.78, 5) is 50.2. The summed E-state index contributed by atoms with van der Waals surface area (Å²) in [5.41, 5.74) is -0.399. The van der Waals surface area contributed by atoms with E-state index in [9.17, 15) is 24.5 Å². The van der Waals surface area contributed by atoms with Crippen LogP contribution in [0.2, 0.25) is 0 Å². The molecule has 10 atom stereocenters. The van der Waals surface area contributed by atoms with E-state index in [-0.39, 0.29) is 59.4 Å². The number of nitro benzene ring substituents is 1. The second-order valence-electron chi connectivity index (χ2n) is 19.3. The van der Waals surface area contributed by atoms with Gasteiger partial charge in [-0.15, -0.1) is 0 Å². The van der Waals surface area contributed by atoms with Crippen molar-refractivity contribution in [3.63, 3.8) is 0 Å². The highest BCUT2D eigenvalue weighted by molar-refractivity contribution is 5.86. The van der Waals surface area contributed by atoms with Crippen molar-refractivity contribution in [1.82, 2.24) is 10.3 Å². The molecule has 0 N–H and O–H groups in total. The number of hydrogen-bond donors (Lipinski definition) is 0. The van der Waals surface area contributed by atoms with Crippen molar-refractivity contribution < 1.29 is 38.1 Å². The van der Waals surface area contributed by atoms with E-state index in [4.69, 9.17) is 18.8 Å². The summed E-state index contributed by atoms with van der Waals surface area (Å²) in [5.74, 6) is 2.30. The molecule has 6 rings (SSSR count). The summed E-state index contributed by atoms with van der Waals surface area (Å²) in [6.07, 6.45) is 13.9. The Labute approximate surface area is 325 Å². The number of fused-ring (bicyclic) bond motifs is 6. The van der Waals surface area contributed by atoms with Crippen molar-refractivity contribution >= 4 is 34.6 Å². The van der Waals surface area contributed by atoms with Gasteiger partial charge in [-0.3, -0.25) is 24.5 Å². The monoisotopic (exact) mass is 763 g/mol. The second kappa shape index (κ2) is 16.0. The van der Waals surface area contributed by atoms with E-state index in [2.05, 4.69) is 36.3 Å². The minimum absolute atomic E-state index is 0.0212. The van der Waals surface area contributed by atoms with Gasteiger partial charge in [-0.2, -0.15) is 0 Å². The summed E-state index contributed by atoms with van der Waals surface area (Å²) >= 11 is 0. The highest BCUT2D eigenvalue weighted by atomic mass is 16.6. The molecule has 1 aromatic heterocycles. The maximum absolute atomic E-state index is 14.0. The molecule has 0 aliphatic heterocycles. The van der Waals surface area contributed by atoms with Crippen LogP contribution >= 0.6 is 0 Å². The van der Waals surface area contributed by atoms with Crippen LogP contribution in [-0.4, -0.2) is 50.5 Å². The molecule has 302 valence electrons. The molecule has 4 aliphatic carbocycles. The molecule has 0 spiro atoms. The molecule has 12 nitrogen and oxygen atoms in total. The van der Waals surface area contributed by atoms with Gasteiger partial charge in [-0.05, 0) is 175 Å². The number of non-ortho nitro benzene ring substituents is 1. The molecular formula is C43H61N3O9. The number of carbonyl (C=O) groups excluding carboxylic acids is 3. The van der Waals surface area contributed by atoms with Crippen molar-refractivity contribution in [2.24, 2.45) is 52.8 Å². The number of allylic oxidation sites excluding steroid dienone is 2. The topological polar surface area (TPSA) is 161 Å². The van der Waals surface area contributed by atoms with Crippen LogP contribution in [0.3, 0.4) is 0 Å². The van der Waals surface area contributed by atoms with Crippen molar-refractivity contribution in [2.45, 2.75) is 150 Å². The van der Waals surface area contributed by atoms with Gasteiger partial charge in [-0.1, -0.05) is 26.0 Å². The van der Waals surface area contributed by atoms with Gasteiger partial charge < -0.3 is 14.2 Å². The third-order valence-electron chi connectivity index (χ3n) is 13.3. The molecule has 55 heavy (non-hydrogen) atoms. The standard InChI is InChI=1S/C43H61N3O9/c1-25(9-19-36(47)53-41(2,3)4)30-14-15-32-31(30)16-17-34-33(32)13-12-28-24-29(21-22-43(28,34)8)52-40(49)27(11-20-37(48)54-42(5,6)7)23-26-10-18-35(46(50)51)39-38(26)44-55-45-39/h10,16-18,25,27-34H,9,11-15,19-24H2,1-8H3/t25-,27-,28-,29-,30?,31?,32-,33+,34+,43+/m1/s1. The van der Waals surface area contributed by atoms with Gasteiger partial charge in [0.15, 0.2) is 0 Å². The molecule has 1 aromatic carbocycles. The lowest BCUT2D eigenvalue weighted by molar-refractivity contribution is -0.383. The zero-order chi connectivity index (χ0) is 39.9. The van der Waals surface area contributed by atoms with E-state index in [0.717, 1.165) is 32.1 Å². The van der Waals surface area contributed by atoms with Crippen molar-refractivity contribution in [1.29, 1.82) is 0 Å². The van der Waals surface area contributed by atoms with Crippen LogP contribution in [0.5, 0.6) is 0 Å². The van der Waals surface area contributed by atoms with Crippen molar-refractivity contribution in [3.05, 3.63) is 40.0 Å². The molecule has 1 heterocycles. The molecule has 3 saturated carbocycles. The minimum Gasteiger partial charge on any atom is -0.462 e. The lowest BCUT2D eigenvalue weighted by atomic mass is 9.48. The lowest BCUT2D eigenvalue weighted by Gasteiger charge is -2.57. The fraction of sp³-hybridized carbons (Fsp3) is 0.744. The van der Waals surface area contributed by atoms with Gasteiger partial charge >= 0.3 is 23.6 Å². The van der Waals surface area contributed by atoms with Crippen LogP contribution in [0.25, 0.3) is 11.0 Å². The zero-order valence-corrected chi connectivity index (χ0v) is 34.0. The minimum atomic E-state index is -0.696. The molecule has 2 unspecified atom stereocenters. The number of rotatable bonds is 12. The molecule has 0 radical (unpaired) electrons. The summed E-state index contributed by atoms with van der Waals surface area (Å²) in [5, 5.41) is 19.2. The number of hydrogen-bond acceptors (Lipinski definition) is 11. The van der Waals surface area contributed by atoms with Gasteiger partial charge in [-0.25, -0.2) is 4.63 Å². The van der Waals surface area contributed by atoms with Crippen LogP contribution in [-0.2, 0) is 35.0 Å². The Morgan fingerprint density at radius 2 is 1.56 bits per heavy atom. The fourth-order valence-corrected chi connectivity index (χ4v) is 10.7. The summed E-state index contributed by atoms with van der Waals surface area (Å²) in [6.45, 7) is 15.9. The Bertz CT molecular complexity index is 1770. The third-order valence-corrected chi connectivity index (χ3v) is 13.3. The van der Waals surface area contributed by atoms with Crippen LogP contribution in [0.1, 0.15) is 132 Å². The molecule has 0 bridgehead atoms. The van der Waals surface area contributed by atoms with Gasteiger partial charge in [0.2, 0.25) is 5.52 Å². The van der Waals surface area contributed by atoms with Crippen LogP contribution in [0.15, 0.2) is 28.9 Å². The molecule has 2 aromatic rings. The Morgan fingerprint density at radius 3 is 2.24 bits per heavy atom. The molecule has 0 saturated heterocycles. The number of benzene rings is 1. The molecule has 12 heteroatoms. The third kappa shape index (κ3) is 9.25. The van der Waals surface area contributed by atoms with E-state index in [1.54, 1.807) is 26.8 Å². The number of aromatic nitrogens is 2. The predicted octanol–water partition coefficient (Wildman–Crippen LogP) is 9.13. The lowest BCUT2D eigenvalue weighted by Crippen LogP contribution is -2.51. The number of nitro groups is 1. The van der Waals surface area contributed by atoms with E-state index in [1.165, 1.54) is 25.3 Å². The van der Waals surface area contributed by atoms with Crippen molar-refractivity contribution in [2.75, 3.05) is 0 Å². The van der Waals surface area contributed by atoms with Gasteiger partial charge in [0, 0.05) is 18.9 Å². The number of ether oxygens (including phenoxy) is 3. The number of nitrogens with zero attached hydrogens (tertiary/aromatic N) is 3. The first-order chi connectivity index (χ1) is 25.8. The molecular weight excluding hydrogens is 702 g/mol. The Kier molecular flexibility index (Phi) is 11.8. The Balaban J connectivity index is 1.10. The molecule has 0 amide bonds. The second-order valence-corrected chi connectivity index (χ2v) is 19.3. The van der Waals surface area contributed by atoms with E-state index in [1.807, 2.05) is 20.8 Å². The van der Waals surface area contributed by atoms with Gasteiger partial charge in [0.1, 0.15) is 22.8 Å². The van der Waals surface area contributed by atoms with E-state index < -0.39 is 28.0 Å². The Morgan fingerprint density at radius 1 is 0.909 bits per heavy atom. The zero-order valence-electron chi connectivity index (χ0n) is 34.0. The quantitative estimate of drug-likeness (QED) is 0.0666. The maximum atomic E-state index is 14.0. The molecule has 3 fully saturated rings. The first-order valence-electron chi connectivity index (χ1n) is 20.5. The summed E-state index contributed by atoms with van der Waals surface area (Å²) in [7, 11) is 0. The highest BCUT2D eigenvalue weighted by Gasteiger charge is 2.55. The van der Waals surface area contributed by atoms with Crippen LogP contribution < -0.4 is 0 Å². The average Bonchev–Trinajstić information content (AvgIpc) is 3.76. The van der Waals surface area contributed by atoms with E-state index in [0.29, 0.717) is 53.4 Å². The Hall–Kier alpha value is -3.83. The SMILES string of the molecule is C[C@H](CCC(=O)OC(C)(C)C)C1CC[C@@H]2C1C=C[C@H]1[C@H]2CC[C@@H]2C[C@H](OC(=O)[C@H](CCC(=O)OC(C)(C)C)Cc3ccc([N+](=O)[O-])c4nonc34)CC[C@@]21C. The first-order valence-corrected chi connectivity index (χ1v) is 20.5. The van der Waals surface area contributed by atoms with Crippen LogP contribution in [0, 0.1) is 62.9 Å².